The minimum absolute atomic E-state index is 1.17. The molecule has 0 amide bonds. The second-order valence-corrected chi connectivity index (χ2v) is 4.79. The van der Waals surface area contributed by atoms with Crippen molar-refractivity contribution < 1.29 is 0 Å². The molecule has 3 aromatic rings. The Bertz CT molecular complexity index is 695. The van der Waals surface area contributed by atoms with Gasteiger partial charge in [-0.2, -0.15) is 0 Å². The number of fused-ring (bicyclic) bond motifs is 3. The summed E-state index contributed by atoms with van der Waals surface area (Å²) in [5, 5.41) is 3.76. The SMILES string of the molecule is Cc1cc2c([nH]c3ccccc32)c([Si])c1C. The van der Waals surface area contributed by atoms with Gasteiger partial charge in [0, 0.05) is 21.8 Å². The highest BCUT2D eigenvalue weighted by Gasteiger charge is 2.08. The summed E-state index contributed by atoms with van der Waals surface area (Å²) in [7, 11) is 3.73. The van der Waals surface area contributed by atoms with Crippen LogP contribution in [0.2, 0.25) is 0 Å². The van der Waals surface area contributed by atoms with Crippen molar-refractivity contribution in [2.75, 3.05) is 0 Å². The van der Waals surface area contributed by atoms with E-state index in [1.54, 1.807) is 0 Å². The number of rotatable bonds is 0. The molecule has 3 radical (unpaired) electrons. The van der Waals surface area contributed by atoms with E-state index in [1.807, 2.05) is 0 Å². The van der Waals surface area contributed by atoms with Gasteiger partial charge in [-0.3, -0.25) is 0 Å². The summed E-state index contributed by atoms with van der Waals surface area (Å²) in [6.45, 7) is 4.29. The van der Waals surface area contributed by atoms with Crippen molar-refractivity contribution in [3.8, 4) is 0 Å². The Morgan fingerprint density at radius 3 is 2.62 bits per heavy atom. The first-order valence-corrected chi connectivity index (χ1v) is 5.90. The standard InChI is InChI=1S/C14H12NSi/c1-8-7-11-10-5-3-4-6-12(10)15-13(11)14(16)9(8)2/h3-7,15H,1-2H3. The van der Waals surface area contributed by atoms with Crippen molar-refractivity contribution in [2.24, 2.45) is 0 Å². The van der Waals surface area contributed by atoms with Crippen LogP contribution in [0.1, 0.15) is 11.1 Å². The number of aromatic nitrogens is 1. The fourth-order valence-corrected chi connectivity index (χ4v) is 2.61. The smallest absolute Gasteiger partial charge is 0.0745 e. The molecule has 0 spiro atoms. The monoisotopic (exact) mass is 222 g/mol. The molecule has 1 aromatic heterocycles. The van der Waals surface area contributed by atoms with Crippen molar-refractivity contribution in [3.63, 3.8) is 0 Å². The quantitative estimate of drug-likeness (QED) is 0.563. The summed E-state index contributed by atoms with van der Waals surface area (Å²) < 4.78 is 0. The number of para-hydroxylation sites is 1. The number of aryl methyl sites for hydroxylation is 1. The highest BCUT2D eigenvalue weighted by molar-refractivity contribution is 6.40. The van der Waals surface area contributed by atoms with Gasteiger partial charge in [0.1, 0.15) is 0 Å². The maximum atomic E-state index is 3.73. The van der Waals surface area contributed by atoms with E-state index in [-0.39, 0.29) is 0 Å². The average Bonchev–Trinajstić information content (AvgIpc) is 2.65. The van der Waals surface area contributed by atoms with Crippen molar-refractivity contribution in [1.82, 2.24) is 4.98 Å². The summed E-state index contributed by atoms with van der Waals surface area (Å²) in [4.78, 5) is 3.47. The van der Waals surface area contributed by atoms with E-state index in [0.29, 0.717) is 0 Å². The third kappa shape index (κ3) is 1.17. The topological polar surface area (TPSA) is 15.8 Å². The second-order valence-electron chi connectivity index (χ2n) is 4.29. The molecule has 16 heavy (non-hydrogen) atoms. The predicted octanol–water partition coefficient (Wildman–Crippen LogP) is 2.73. The van der Waals surface area contributed by atoms with Crippen LogP contribution in [0.25, 0.3) is 21.8 Å². The predicted molar refractivity (Wildman–Crippen MR) is 70.7 cm³/mol. The molecule has 0 saturated carbocycles. The van der Waals surface area contributed by atoms with Gasteiger partial charge in [-0.05, 0) is 42.3 Å². The number of hydrogen-bond acceptors (Lipinski definition) is 0. The zero-order valence-electron chi connectivity index (χ0n) is 9.39. The minimum Gasteiger partial charge on any atom is -0.355 e. The van der Waals surface area contributed by atoms with E-state index in [0.717, 1.165) is 0 Å². The van der Waals surface area contributed by atoms with Crippen molar-refractivity contribution in [2.45, 2.75) is 13.8 Å². The largest absolute Gasteiger partial charge is 0.355 e. The van der Waals surface area contributed by atoms with E-state index >= 15 is 0 Å². The first-order valence-electron chi connectivity index (χ1n) is 5.40. The summed E-state index contributed by atoms with van der Waals surface area (Å²) >= 11 is 0. The molecular weight excluding hydrogens is 210 g/mol. The Morgan fingerprint density at radius 1 is 1.06 bits per heavy atom. The molecule has 2 aromatic carbocycles. The van der Waals surface area contributed by atoms with Gasteiger partial charge in [0.05, 0.1) is 10.2 Å². The van der Waals surface area contributed by atoms with E-state index in [4.69, 9.17) is 0 Å². The van der Waals surface area contributed by atoms with Gasteiger partial charge >= 0.3 is 0 Å². The highest BCUT2D eigenvalue weighted by atomic mass is 28.1. The highest BCUT2D eigenvalue weighted by Crippen LogP contribution is 2.25. The zero-order chi connectivity index (χ0) is 11.3. The van der Waals surface area contributed by atoms with Crippen LogP contribution in [0.5, 0.6) is 0 Å². The van der Waals surface area contributed by atoms with Crippen LogP contribution >= 0.6 is 0 Å². The molecule has 0 atom stereocenters. The van der Waals surface area contributed by atoms with Crippen LogP contribution in [0.15, 0.2) is 30.3 Å². The molecule has 0 aliphatic carbocycles. The Kier molecular flexibility index (Phi) is 1.95. The van der Waals surface area contributed by atoms with E-state index in [1.165, 1.54) is 38.1 Å². The molecule has 3 rings (SSSR count). The molecule has 2 heteroatoms. The second kappa shape index (κ2) is 3.22. The van der Waals surface area contributed by atoms with Gasteiger partial charge < -0.3 is 4.98 Å². The molecule has 0 aliphatic heterocycles. The van der Waals surface area contributed by atoms with Crippen LogP contribution < -0.4 is 5.19 Å². The van der Waals surface area contributed by atoms with Gasteiger partial charge in [-0.1, -0.05) is 18.2 Å². The summed E-state index contributed by atoms with van der Waals surface area (Å²) in [5.41, 5.74) is 5.01. The lowest BCUT2D eigenvalue weighted by Crippen LogP contribution is -2.10. The number of hydrogen-bond donors (Lipinski definition) is 1. The molecular formula is C14H12NSi. The normalized spacial score (nSPS) is 11.4. The molecule has 0 bridgehead atoms. The molecule has 0 saturated heterocycles. The van der Waals surface area contributed by atoms with Crippen LogP contribution in [0.3, 0.4) is 0 Å². The van der Waals surface area contributed by atoms with E-state index < -0.39 is 0 Å². The Hall–Kier alpha value is -1.54. The van der Waals surface area contributed by atoms with Gasteiger partial charge in [0.2, 0.25) is 0 Å². The molecule has 1 nitrogen and oxygen atoms in total. The van der Waals surface area contributed by atoms with Gasteiger partial charge in [-0.15, -0.1) is 0 Å². The summed E-state index contributed by atoms with van der Waals surface area (Å²) in [5.74, 6) is 0. The summed E-state index contributed by atoms with van der Waals surface area (Å²) in [6.07, 6.45) is 0. The molecule has 0 unspecified atom stereocenters. The fraction of sp³-hybridized carbons (Fsp3) is 0.143. The molecule has 0 fully saturated rings. The first-order chi connectivity index (χ1) is 7.68. The maximum absolute atomic E-state index is 3.73. The van der Waals surface area contributed by atoms with Gasteiger partial charge in [-0.25, -0.2) is 0 Å². The molecule has 77 valence electrons. The van der Waals surface area contributed by atoms with E-state index in [2.05, 4.69) is 59.4 Å². The number of nitrogens with one attached hydrogen (secondary N) is 1. The Balaban J connectivity index is 2.60. The van der Waals surface area contributed by atoms with E-state index in [9.17, 15) is 0 Å². The average molecular weight is 222 g/mol. The van der Waals surface area contributed by atoms with Crippen molar-refractivity contribution in [1.29, 1.82) is 0 Å². The summed E-state index contributed by atoms with van der Waals surface area (Å²) in [6, 6.07) is 10.7. The Labute approximate surface area is 97.9 Å². The van der Waals surface area contributed by atoms with Crippen molar-refractivity contribution in [3.05, 3.63) is 41.5 Å². The lowest BCUT2D eigenvalue weighted by molar-refractivity contribution is 1.38. The van der Waals surface area contributed by atoms with Gasteiger partial charge in [0.25, 0.3) is 0 Å². The zero-order valence-corrected chi connectivity index (χ0v) is 10.4. The van der Waals surface area contributed by atoms with Gasteiger partial charge in [0.15, 0.2) is 0 Å². The van der Waals surface area contributed by atoms with Crippen LogP contribution in [0, 0.1) is 13.8 Å². The third-order valence-electron chi connectivity index (χ3n) is 3.32. The van der Waals surface area contributed by atoms with Crippen LogP contribution in [-0.2, 0) is 0 Å². The molecule has 1 heterocycles. The number of H-pyrrole nitrogens is 1. The Morgan fingerprint density at radius 2 is 1.81 bits per heavy atom. The number of benzene rings is 2. The molecule has 1 N–H and O–H groups in total. The van der Waals surface area contributed by atoms with Crippen LogP contribution in [-0.4, -0.2) is 15.2 Å². The number of aromatic amines is 1. The third-order valence-corrected chi connectivity index (χ3v) is 3.95. The lowest BCUT2D eigenvalue weighted by atomic mass is 10.1. The first kappa shape index (κ1) is 9.67. The minimum atomic E-state index is 1.17. The van der Waals surface area contributed by atoms with Crippen molar-refractivity contribution >= 4 is 37.2 Å². The fourth-order valence-electron chi connectivity index (χ4n) is 2.22. The van der Waals surface area contributed by atoms with Crippen LogP contribution in [0.4, 0.5) is 0 Å². The lowest BCUT2D eigenvalue weighted by Gasteiger charge is -2.05. The molecule has 0 aliphatic rings. The maximum Gasteiger partial charge on any atom is 0.0745 e.